The number of nitrogens with zero attached hydrogens (tertiary/aromatic N) is 3. The molecule has 152 valence electrons. The van der Waals surface area contributed by atoms with Crippen LogP contribution in [0.25, 0.3) is 22.2 Å². The van der Waals surface area contributed by atoms with E-state index in [1.165, 1.54) is 27.8 Å². The Morgan fingerprint density at radius 2 is 1.87 bits per heavy atom. The van der Waals surface area contributed by atoms with Gasteiger partial charge in [-0.15, -0.1) is 11.3 Å². The highest BCUT2D eigenvalue weighted by Gasteiger charge is 2.13. The number of aromatic nitrogens is 3. The lowest BCUT2D eigenvalue weighted by Crippen LogP contribution is -2.23. The minimum Gasteiger partial charge on any atom is -0.302 e. The Bertz CT molecular complexity index is 1290. The number of fused-ring (bicyclic) bond motifs is 1. The van der Waals surface area contributed by atoms with Crippen LogP contribution >= 0.6 is 11.3 Å². The van der Waals surface area contributed by atoms with Crippen LogP contribution in [-0.4, -0.2) is 20.4 Å². The van der Waals surface area contributed by atoms with E-state index in [1.54, 1.807) is 6.07 Å². The van der Waals surface area contributed by atoms with Crippen molar-refractivity contribution in [2.75, 3.05) is 5.32 Å². The summed E-state index contributed by atoms with van der Waals surface area (Å²) in [6, 6.07) is 13.7. The number of benzene rings is 2. The molecule has 0 aliphatic carbocycles. The number of carbonyl (C=O) groups is 1. The van der Waals surface area contributed by atoms with Gasteiger partial charge in [-0.3, -0.25) is 14.2 Å². The summed E-state index contributed by atoms with van der Waals surface area (Å²) in [5.74, 6) is -0.185. The Balaban J connectivity index is 1.45. The quantitative estimate of drug-likeness (QED) is 0.519. The van der Waals surface area contributed by atoms with Gasteiger partial charge in [-0.1, -0.05) is 42.0 Å². The van der Waals surface area contributed by atoms with Crippen molar-refractivity contribution in [1.29, 1.82) is 0 Å². The van der Waals surface area contributed by atoms with E-state index in [9.17, 15) is 9.59 Å². The van der Waals surface area contributed by atoms with Crippen molar-refractivity contribution < 1.29 is 4.79 Å². The Morgan fingerprint density at radius 3 is 2.63 bits per heavy atom. The van der Waals surface area contributed by atoms with E-state index in [0.29, 0.717) is 16.0 Å². The van der Waals surface area contributed by atoms with Gasteiger partial charge >= 0.3 is 0 Å². The molecule has 0 spiro atoms. The van der Waals surface area contributed by atoms with Crippen molar-refractivity contribution in [3.8, 4) is 11.3 Å². The lowest BCUT2D eigenvalue weighted by atomic mass is 10.1. The molecule has 0 aliphatic rings. The van der Waals surface area contributed by atoms with Crippen LogP contribution in [0.3, 0.4) is 0 Å². The van der Waals surface area contributed by atoms with E-state index < -0.39 is 0 Å². The summed E-state index contributed by atoms with van der Waals surface area (Å²) in [6.45, 7) is 6.22. The second-order valence-corrected chi connectivity index (χ2v) is 8.51. The predicted octanol–water partition coefficient (Wildman–Crippen LogP) is 4.47. The highest BCUT2D eigenvalue weighted by atomic mass is 32.1. The number of carbonyl (C=O) groups excluding carboxylic acids is 1. The zero-order chi connectivity index (χ0) is 21.3. The van der Waals surface area contributed by atoms with Crippen LogP contribution in [-0.2, 0) is 11.3 Å². The first kappa shape index (κ1) is 20.0. The maximum Gasteiger partial charge on any atom is 0.261 e. The van der Waals surface area contributed by atoms with Gasteiger partial charge in [-0.25, -0.2) is 9.97 Å². The van der Waals surface area contributed by atoms with Gasteiger partial charge in [-0.2, -0.15) is 0 Å². The van der Waals surface area contributed by atoms with Gasteiger partial charge in [0.1, 0.15) is 0 Å². The molecule has 0 saturated heterocycles. The second-order valence-electron chi connectivity index (χ2n) is 7.30. The normalized spacial score (nSPS) is 11.0. The van der Waals surface area contributed by atoms with Crippen LogP contribution < -0.4 is 10.9 Å². The standard InChI is InChI=1S/C23H22N4O2S/c1-14-7-9-17(10-8-14)21-16(3)30-23(26-21)25-19(28)11-12-27-13-24-20-15(2)5-4-6-18(20)22(27)29/h4-10,13H,11-12H2,1-3H3,(H,25,26,28). The summed E-state index contributed by atoms with van der Waals surface area (Å²) in [5.41, 5.74) is 4.61. The Morgan fingerprint density at radius 1 is 1.10 bits per heavy atom. The van der Waals surface area contributed by atoms with Gasteiger partial charge in [0.2, 0.25) is 5.91 Å². The van der Waals surface area contributed by atoms with Crippen LogP contribution in [0.4, 0.5) is 5.13 Å². The van der Waals surface area contributed by atoms with Crippen LogP contribution in [0.5, 0.6) is 0 Å². The molecule has 4 aromatic rings. The van der Waals surface area contributed by atoms with Crippen LogP contribution in [0.1, 0.15) is 22.4 Å². The molecule has 0 saturated carbocycles. The maximum absolute atomic E-state index is 12.7. The van der Waals surface area contributed by atoms with E-state index in [-0.39, 0.29) is 24.4 Å². The van der Waals surface area contributed by atoms with Crippen LogP contribution in [0.15, 0.2) is 53.6 Å². The Kier molecular flexibility index (Phi) is 5.46. The molecule has 0 unspecified atom stereocenters. The van der Waals surface area contributed by atoms with Crippen molar-refractivity contribution in [2.24, 2.45) is 0 Å². The Labute approximate surface area is 178 Å². The van der Waals surface area contributed by atoms with Gasteiger partial charge in [0.25, 0.3) is 5.56 Å². The summed E-state index contributed by atoms with van der Waals surface area (Å²) in [5, 5.41) is 3.98. The van der Waals surface area contributed by atoms with Gasteiger partial charge < -0.3 is 5.32 Å². The van der Waals surface area contributed by atoms with Gasteiger partial charge in [0, 0.05) is 23.4 Å². The monoisotopic (exact) mass is 418 g/mol. The number of anilines is 1. The highest BCUT2D eigenvalue weighted by molar-refractivity contribution is 7.16. The molecule has 2 aromatic carbocycles. The molecule has 2 aromatic heterocycles. The predicted molar refractivity (Wildman–Crippen MR) is 121 cm³/mol. The molecule has 30 heavy (non-hydrogen) atoms. The fourth-order valence-corrected chi connectivity index (χ4v) is 4.18. The number of aryl methyl sites for hydroxylation is 4. The molecule has 0 atom stereocenters. The third-order valence-electron chi connectivity index (χ3n) is 5.00. The Hall–Kier alpha value is -3.32. The average Bonchev–Trinajstić information content (AvgIpc) is 3.08. The molecule has 6 nitrogen and oxygen atoms in total. The number of para-hydroxylation sites is 1. The van der Waals surface area contributed by atoms with E-state index in [0.717, 1.165) is 21.7 Å². The topological polar surface area (TPSA) is 76.9 Å². The molecule has 0 fully saturated rings. The summed E-state index contributed by atoms with van der Waals surface area (Å²) in [4.78, 5) is 35.1. The highest BCUT2D eigenvalue weighted by Crippen LogP contribution is 2.30. The second kappa shape index (κ2) is 8.20. The molecule has 0 bridgehead atoms. The van der Waals surface area contributed by atoms with Crippen LogP contribution in [0, 0.1) is 20.8 Å². The molecule has 2 heterocycles. The molecular weight excluding hydrogens is 396 g/mol. The number of nitrogens with one attached hydrogen (secondary N) is 1. The number of rotatable bonds is 5. The minimum absolute atomic E-state index is 0.136. The summed E-state index contributed by atoms with van der Waals surface area (Å²) >= 11 is 1.45. The third kappa shape index (κ3) is 4.02. The molecule has 4 rings (SSSR count). The summed E-state index contributed by atoms with van der Waals surface area (Å²) in [6.07, 6.45) is 1.67. The van der Waals surface area contributed by atoms with E-state index in [4.69, 9.17) is 0 Å². The minimum atomic E-state index is -0.185. The SMILES string of the molecule is Cc1ccc(-c2nc(NC(=O)CCn3cnc4c(C)cccc4c3=O)sc2C)cc1. The smallest absolute Gasteiger partial charge is 0.261 e. The lowest BCUT2D eigenvalue weighted by molar-refractivity contribution is -0.116. The van der Waals surface area contributed by atoms with Gasteiger partial charge in [-0.05, 0) is 32.4 Å². The van der Waals surface area contributed by atoms with Crippen molar-refractivity contribution in [2.45, 2.75) is 33.7 Å². The zero-order valence-corrected chi connectivity index (χ0v) is 17.9. The number of amides is 1. The van der Waals surface area contributed by atoms with Crippen molar-refractivity contribution in [3.63, 3.8) is 0 Å². The molecule has 7 heteroatoms. The first-order valence-electron chi connectivity index (χ1n) is 9.71. The largest absolute Gasteiger partial charge is 0.302 e. The average molecular weight is 419 g/mol. The number of hydrogen-bond acceptors (Lipinski definition) is 5. The van der Waals surface area contributed by atoms with Crippen molar-refractivity contribution in [1.82, 2.24) is 14.5 Å². The summed E-state index contributed by atoms with van der Waals surface area (Å²) in [7, 11) is 0. The van der Waals surface area contributed by atoms with Crippen LogP contribution in [0.2, 0.25) is 0 Å². The van der Waals surface area contributed by atoms with E-state index in [2.05, 4.69) is 15.3 Å². The van der Waals surface area contributed by atoms with E-state index in [1.807, 2.05) is 57.2 Å². The maximum atomic E-state index is 12.7. The fourth-order valence-electron chi connectivity index (χ4n) is 3.33. The first-order valence-corrected chi connectivity index (χ1v) is 10.5. The number of hydrogen-bond donors (Lipinski definition) is 1. The fraction of sp³-hybridized carbons (Fsp3) is 0.217. The first-order chi connectivity index (χ1) is 14.4. The van der Waals surface area contributed by atoms with E-state index >= 15 is 0 Å². The van der Waals surface area contributed by atoms with Gasteiger partial charge in [0.15, 0.2) is 5.13 Å². The molecule has 1 amide bonds. The third-order valence-corrected chi connectivity index (χ3v) is 5.89. The van der Waals surface area contributed by atoms with Crippen molar-refractivity contribution in [3.05, 3.63) is 75.1 Å². The van der Waals surface area contributed by atoms with Gasteiger partial charge in [0.05, 0.1) is 22.9 Å². The summed E-state index contributed by atoms with van der Waals surface area (Å²) < 4.78 is 1.48. The lowest BCUT2D eigenvalue weighted by Gasteiger charge is -2.07. The molecule has 0 aliphatic heterocycles. The molecule has 1 N–H and O–H groups in total. The number of thiazole rings is 1. The molecule has 0 radical (unpaired) electrons. The zero-order valence-electron chi connectivity index (χ0n) is 17.1. The van der Waals surface area contributed by atoms with Crippen molar-refractivity contribution >= 4 is 33.3 Å². The molecular formula is C23H22N4O2S.